The molecule has 0 aliphatic carbocycles. The second-order valence-electron chi connectivity index (χ2n) is 4.47. The van der Waals surface area contributed by atoms with E-state index in [9.17, 15) is 4.79 Å². The van der Waals surface area contributed by atoms with Gasteiger partial charge in [-0.25, -0.2) is 0 Å². The highest BCUT2D eigenvalue weighted by atomic mass is 16.1. The first-order valence-electron chi connectivity index (χ1n) is 5.43. The summed E-state index contributed by atoms with van der Waals surface area (Å²) in [5.41, 5.74) is 6.76. The van der Waals surface area contributed by atoms with E-state index in [-0.39, 0.29) is 5.91 Å². The van der Waals surface area contributed by atoms with Crippen LogP contribution in [-0.2, 0) is 24.8 Å². The SMILES string of the molecule is CCc1nn(C)cc1CNC(C)(C)C(N)=O. The average Bonchev–Trinajstić information content (AvgIpc) is 2.56. The molecule has 1 aromatic heterocycles. The minimum Gasteiger partial charge on any atom is -0.368 e. The van der Waals surface area contributed by atoms with Crippen LogP contribution in [0.1, 0.15) is 32.0 Å². The fourth-order valence-corrected chi connectivity index (χ4v) is 1.43. The zero-order valence-corrected chi connectivity index (χ0v) is 10.4. The van der Waals surface area contributed by atoms with Crippen LogP contribution in [0.3, 0.4) is 0 Å². The molecule has 0 radical (unpaired) electrons. The smallest absolute Gasteiger partial charge is 0.237 e. The standard InChI is InChI=1S/C11H20N4O/c1-5-9-8(7-15(4)14-9)6-13-11(2,3)10(12)16/h7,13H,5-6H2,1-4H3,(H2,12,16). The van der Waals surface area contributed by atoms with Gasteiger partial charge in [0.1, 0.15) is 0 Å². The third-order valence-corrected chi connectivity index (χ3v) is 2.66. The number of primary amides is 1. The minimum absolute atomic E-state index is 0.352. The number of aromatic nitrogens is 2. The number of nitrogens with two attached hydrogens (primary N) is 1. The van der Waals surface area contributed by atoms with Crippen molar-refractivity contribution in [2.75, 3.05) is 0 Å². The zero-order valence-electron chi connectivity index (χ0n) is 10.4. The summed E-state index contributed by atoms with van der Waals surface area (Å²) < 4.78 is 1.78. The summed E-state index contributed by atoms with van der Waals surface area (Å²) in [6.07, 6.45) is 2.84. The Labute approximate surface area is 96.0 Å². The van der Waals surface area contributed by atoms with Crippen LogP contribution >= 0.6 is 0 Å². The van der Waals surface area contributed by atoms with Gasteiger partial charge in [-0.1, -0.05) is 6.92 Å². The molecule has 90 valence electrons. The molecule has 0 saturated heterocycles. The van der Waals surface area contributed by atoms with Crippen LogP contribution in [0, 0.1) is 0 Å². The summed E-state index contributed by atoms with van der Waals surface area (Å²) in [7, 11) is 1.89. The van der Waals surface area contributed by atoms with Crippen molar-refractivity contribution < 1.29 is 4.79 Å². The van der Waals surface area contributed by atoms with Crippen LogP contribution < -0.4 is 11.1 Å². The van der Waals surface area contributed by atoms with Crippen LogP contribution in [0.15, 0.2) is 6.20 Å². The highest BCUT2D eigenvalue weighted by Crippen LogP contribution is 2.09. The topological polar surface area (TPSA) is 72.9 Å². The maximum Gasteiger partial charge on any atom is 0.237 e. The summed E-state index contributed by atoms with van der Waals surface area (Å²) in [5, 5.41) is 7.47. The Hall–Kier alpha value is -1.36. The maximum atomic E-state index is 11.1. The van der Waals surface area contributed by atoms with E-state index in [4.69, 9.17) is 5.73 Å². The average molecular weight is 224 g/mol. The number of nitrogens with one attached hydrogen (secondary N) is 1. The van der Waals surface area contributed by atoms with Crippen LogP contribution in [0.4, 0.5) is 0 Å². The monoisotopic (exact) mass is 224 g/mol. The third kappa shape index (κ3) is 2.82. The van der Waals surface area contributed by atoms with E-state index >= 15 is 0 Å². The van der Waals surface area contributed by atoms with Crippen molar-refractivity contribution in [2.24, 2.45) is 12.8 Å². The molecule has 0 saturated carbocycles. The Bertz CT molecular complexity index is 381. The second kappa shape index (κ2) is 4.65. The molecule has 0 aliphatic heterocycles. The molecule has 1 amide bonds. The number of aryl methyl sites for hydroxylation is 2. The van der Waals surface area contributed by atoms with Gasteiger partial charge in [-0.3, -0.25) is 14.8 Å². The lowest BCUT2D eigenvalue weighted by Gasteiger charge is -2.22. The van der Waals surface area contributed by atoms with E-state index in [0.29, 0.717) is 6.54 Å². The lowest BCUT2D eigenvalue weighted by molar-refractivity contribution is -0.123. The molecule has 5 heteroatoms. The van der Waals surface area contributed by atoms with E-state index < -0.39 is 5.54 Å². The first-order valence-corrected chi connectivity index (χ1v) is 5.43. The molecule has 16 heavy (non-hydrogen) atoms. The van der Waals surface area contributed by atoms with Gasteiger partial charge < -0.3 is 5.73 Å². The Balaban J connectivity index is 2.71. The van der Waals surface area contributed by atoms with Gasteiger partial charge in [0.2, 0.25) is 5.91 Å². The molecule has 0 unspecified atom stereocenters. The number of carbonyl (C=O) groups excluding carboxylic acids is 1. The number of nitrogens with zero attached hydrogens (tertiary/aromatic N) is 2. The van der Waals surface area contributed by atoms with Gasteiger partial charge in [0.15, 0.2) is 0 Å². The maximum absolute atomic E-state index is 11.1. The summed E-state index contributed by atoms with van der Waals surface area (Å²) in [5.74, 6) is -0.352. The van der Waals surface area contributed by atoms with Crippen molar-refractivity contribution in [3.63, 3.8) is 0 Å². The van der Waals surface area contributed by atoms with Crippen LogP contribution in [0.2, 0.25) is 0 Å². The number of amides is 1. The van der Waals surface area contributed by atoms with Gasteiger partial charge in [0, 0.05) is 25.4 Å². The van der Waals surface area contributed by atoms with E-state index in [1.807, 2.05) is 13.2 Å². The summed E-state index contributed by atoms with van der Waals surface area (Å²) >= 11 is 0. The van der Waals surface area contributed by atoms with Crippen LogP contribution in [0.25, 0.3) is 0 Å². The van der Waals surface area contributed by atoms with Crippen molar-refractivity contribution in [3.8, 4) is 0 Å². The lowest BCUT2D eigenvalue weighted by Crippen LogP contribution is -2.50. The van der Waals surface area contributed by atoms with Crippen molar-refractivity contribution in [1.29, 1.82) is 0 Å². The minimum atomic E-state index is -0.694. The van der Waals surface area contributed by atoms with Gasteiger partial charge in [0.25, 0.3) is 0 Å². The van der Waals surface area contributed by atoms with Gasteiger partial charge in [-0.15, -0.1) is 0 Å². The molecule has 0 aliphatic rings. The number of rotatable bonds is 5. The molecule has 1 rings (SSSR count). The fourth-order valence-electron chi connectivity index (χ4n) is 1.43. The van der Waals surface area contributed by atoms with E-state index in [1.165, 1.54) is 0 Å². The number of carbonyl (C=O) groups is 1. The Morgan fingerprint density at radius 1 is 1.62 bits per heavy atom. The van der Waals surface area contributed by atoms with Gasteiger partial charge in [-0.05, 0) is 20.3 Å². The lowest BCUT2D eigenvalue weighted by atomic mass is 10.0. The fraction of sp³-hybridized carbons (Fsp3) is 0.636. The largest absolute Gasteiger partial charge is 0.368 e. The predicted octanol–water partition coefficient (Wildman–Crippen LogP) is 0.336. The Kier molecular flexibility index (Phi) is 3.70. The van der Waals surface area contributed by atoms with Crippen molar-refractivity contribution in [1.82, 2.24) is 15.1 Å². The molecule has 1 aromatic rings. The van der Waals surface area contributed by atoms with Crippen molar-refractivity contribution in [2.45, 2.75) is 39.3 Å². The molecule has 0 aromatic carbocycles. The summed E-state index contributed by atoms with van der Waals surface area (Å²) in [6, 6.07) is 0. The molecular formula is C11H20N4O. The van der Waals surface area contributed by atoms with E-state index in [1.54, 1.807) is 18.5 Å². The third-order valence-electron chi connectivity index (χ3n) is 2.66. The Morgan fingerprint density at radius 2 is 2.25 bits per heavy atom. The van der Waals surface area contributed by atoms with Gasteiger partial charge >= 0.3 is 0 Å². The summed E-state index contributed by atoms with van der Waals surface area (Å²) in [6.45, 7) is 6.21. The first kappa shape index (κ1) is 12.7. The second-order valence-corrected chi connectivity index (χ2v) is 4.47. The molecule has 3 N–H and O–H groups in total. The van der Waals surface area contributed by atoms with Gasteiger partial charge in [-0.2, -0.15) is 5.10 Å². The normalized spacial score (nSPS) is 11.8. The molecule has 0 spiro atoms. The molecule has 0 bridgehead atoms. The first-order chi connectivity index (χ1) is 7.36. The van der Waals surface area contributed by atoms with Crippen LogP contribution in [-0.4, -0.2) is 21.2 Å². The summed E-state index contributed by atoms with van der Waals surface area (Å²) in [4.78, 5) is 11.1. The predicted molar refractivity (Wildman–Crippen MR) is 62.7 cm³/mol. The molecule has 0 fully saturated rings. The quantitative estimate of drug-likeness (QED) is 0.757. The molecule has 5 nitrogen and oxygen atoms in total. The van der Waals surface area contributed by atoms with Crippen molar-refractivity contribution >= 4 is 5.91 Å². The van der Waals surface area contributed by atoms with Crippen LogP contribution in [0.5, 0.6) is 0 Å². The number of hydrogen-bond acceptors (Lipinski definition) is 3. The molecule has 1 heterocycles. The molecule has 0 atom stereocenters. The molecular weight excluding hydrogens is 204 g/mol. The highest BCUT2D eigenvalue weighted by molar-refractivity contribution is 5.83. The van der Waals surface area contributed by atoms with E-state index in [0.717, 1.165) is 17.7 Å². The van der Waals surface area contributed by atoms with E-state index in [2.05, 4.69) is 17.3 Å². The highest BCUT2D eigenvalue weighted by Gasteiger charge is 2.24. The number of hydrogen-bond donors (Lipinski definition) is 2. The zero-order chi connectivity index (χ0) is 12.3. The Morgan fingerprint density at radius 3 is 2.75 bits per heavy atom. The van der Waals surface area contributed by atoms with Crippen molar-refractivity contribution in [3.05, 3.63) is 17.5 Å². The van der Waals surface area contributed by atoms with Gasteiger partial charge in [0.05, 0.1) is 11.2 Å².